The second-order valence-electron chi connectivity index (χ2n) is 4.59. The van der Waals surface area contributed by atoms with Crippen LogP contribution in [0.15, 0.2) is 30.3 Å². The van der Waals surface area contributed by atoms with Gasteiger partial charge in [0.1, 0.15) is 0 Å². The smallest absolute Gasteiger partial charge is 0.193 e. The Bertz CT molecular complexity index is 408. The normalized spacial score (nSPS) is 28.0. The summed E-state index contributed by atoms with van der Waals surface area (Å²) in [5.74, 6) is 0.0122. The molecule has 18 heavy (non-hydrogen) atoms. The molecule has 0 spiro atoms. The van der Waals surface area contributed by atoms with Crippen LogP contribution in [0.1, 0.15) is 12.5 Å². The van der Waals surface area contributed by atoms with Crippen molar-refractivity contribution in [3.05, 3.63) is 35.9 Å². The first-order valence-electron chi connectivity index (χ1n) is 6.30. The van der Waals surface area contributed by atoms with E-state index in [2.05, 4.69) is 22.8 Å². The number of morpholine rings is 1. The highest BCUT2D eigenvalue weighted by Crippen LogP contribution is 2.21. The van der Waals surface area contributed by atoms with Gasteiger partial charge in [0.05, 0.1) is 12.6 Å². The van der Waals surface area contributed by atoms with E-state index in [0.29, 0.717) is 6.61 Å². The third-order valence-electron chi connectivity index (χ3n) is 3.49. The summed E-state index contributed by atoms with van der Waals surface area (Å²) >= 11 is 0. The molecule has 2 unspecified atom stereocenters. The highest BCUT2D eigenvalue weighted by atomic mass is 16.5. The minimum absolute atomic E-state index is 0.0122. The molecule has 1 heterocycles. The molecule has 2 N–H and O–H groups in total. The number of hydrogen-bond acceptors (Lipinski definition) is 4. The second kappa shape index (κ2) is 5.61. The van der Waals surface area contributed by atoms with Crippen LogP contribution in [-0.2, 0) is 16.0 Å². The van der Waals surface area contributed by atoms with Gasteiger partial charge in [0.25, 0.3) is 0 Å². The molecule has 0 aliphatic carbocycles. The quantitative estimate of drug-likeness (QED) is 0.824. The van der Waals surface area contributed by atoms with Crippen LogP contribution in [0.2, 0.25) is 0 Å². The SMILES string of the molecule is CNC1(C(C)=O)OCCNC1Cc1ccccc1. The van der Waals surface area contributed by atoms with Gasteiger partial charge in [-0.1, -0.05) is 30.3 Å². The highest BCUT2D eigenvalue weighted by Gasteiger charge is 2.45. The van der Waals surface area contributed by atoms with Crippen molar-refractivity contribution in [3.63, 3.8) is 0 Å². The fourth-order valence-electron chi connectivity index (χ4n) is 2.52. The Kier molecular flexibility index (Phi) is 4.11. The molecule has 0 bridgehead atoms. The molecule has 1 aromatic rings. The third-order valence-corrected chi connectivity index (χ3v) is 3.49. The number of ketones is 1. The number of carbonyl (C=O) groups excluding carboxylic acids is 1. The summed E-state index contributed by atoms with van der Waals surface area (Å²) in [4.78, 5) is 11.9. The molecule has 1 aliphatic heterocycles. The summed E-state index contributed by atoms with van der Waals surface area (Å²) in [7, 11) is 1.77. The van der Waals surface area contributed by atoms with Crippen molar-refractivity contribution in [2.24, 2.45) is 0 Å². The van der Waals surface area contributed by atoms with Crippen molar-refractivity contribution < 1.29 is 9.53 Å². The highest BCUT2D eigenvalue weighted by molar-refractivity contribution is 5.85. The van der Waals surface area contributed by atoms with Crippen LogP contribution in [0.5, 0.6) is 0 Å². The van der Waals surface area contributed by atoms with Crippen molar-refractivity contribution in [3.8, 4) is 0 Å². The Morgan fingerprint density at radius 2 is 2.22 bits per heavy atom. The van der Waals surface area contributed by atoms with Gasteiger partial charge in [-0.3, -0.25) is 10.1 Å². The Morgan fingerprint density at radius 1 is 1.50 bits per heavy atom. The number of nitrogens with one attached hydrogen (secondary N) is 2. The summed E-state index contributed by atoms with van der Waals surface area (Å²) in [5, 5.41) is 6.44. The van der Waals surface area contributed by atoms with E-state index in [-0.39, 0.29) is 11.8 Å². The van der Waals surface area contributed by atoms with Crippen molar-refractivity contribution >= 4 is 5.78 Å². The Hall–Kier alpha value is -1.23. The lowest BCUT2D eigenvalue weighted by Crippen LogP contribution is -2.68. The molecule has 1 saturated heterocycles. The van der Waals surface area contributed by atoms with Crippen molar-refractivity contribution in [2.45, 2.75) is 25.1 Å². The molecule has 0 radical (unpaired) electrons. The van der Waals surface area contributed by atoms with E-state index in [1.165, 1.54) is 5.56 Å². The Balaban J connectivity index is 2.20. The number of carbonyl (C=O) groups is 1. The summed E-state index contributed by atoms with van der Waals surface area (Å²) in [6.07, 6.45) is 0.765. The maximum atomic E-state index is 11.9. The molecule has 0 saturated carbocycles. The fourth-order valence-corrected chi connectivity index (χ4v) is 2.52. The lowest BCUT2D eigenvalue weighted by Gasteiger charge is -2.42. The van der Waals surface area contributed by atoms with Gasteiger partial charge in [-0.15, -0.1) is 0 Å². The predicted octanol–water partition coefficient (Wildman–Crippen LogP) is 0.722. The van der Waals surface area contributed by atoms with Gasteiger partial charge in [-0.05, 0) is 26.0 Å². The van der Waals surface area contributed by atoms with E-state index in [1.807, 2.05) is 18.2 Å². The number of benzene rings is 1. The molecular weight excluding hydrogens is 228 g/mol. The second-order valence-corrected chi connectivity index (χ2v) is 4.59. The van der Waals surface area contributed by atoms with Crippen LogP contribution in [0, 0.1) is 0 Å². The average Bonchev–Trinajstić information content (AvgIpc) is 2.40. The van der Waals surface area contributed by atoms with Crippen LogP contribution in [0.25, 0.3) is 0 Å². The summed E-state index contributed by atoms with van der Waals surface area (Å²) < 4.78 is 5.74. The van der Waals surface area contributed by atoms with Gasteiger partial charge in [-0.25, -0.2) is 0 Å². The van der Waals surface area contributed by atoms with E-state index >= 15 is 0 Å². The van der Waals surface area contributed by atoms with E-state index in [4.69, 9.17) is 4.74 Å². The zero-order valence-corrected chi connectivity index (χ0v) is 10.9. The summed E-state index contributed by atoms with van der Waals surface area (Å²) in [6, 6.07) is 10.1. The lowest BCUT2D eigenvalue weighted by molar-refractivity contribution is -0.159. The Labute approximate surface area is 108 Å². The third kappa shape index (κ3) is 2.46. The van der Waals surface area contributed by atoms with Gasteiger partial charge in [-0.2, -0.15) is 0 Å². The molecule has 98 valence electrons. The van der Waals surface area contributed by atoms with Gasteiger partial charge in [0, 0.05) is 6.54 Å². The zero-order valence-electron chi connectivity index (χ0n) is 10.9. The average molecular weight is 248 g/mol. The standard InChI is InChI=1S/C14H20N2O2/c1-11(17)14(15-2)13(16-8-9-18-14)10-12-6-4-3-5-7-12/h3-7,13,15-16H,8-10H2,1-2H3. The maximum Gasteiger partial charge on any atom is 0.193 e. The predicted molar refractivity (Wildman–Crippen MR) is 70.4 cm³/mol. The minimum atomic E-state index is -0.909. The minimum Gasteiger partial charge on any atom is -0.350 e. The largest absolute Gasteiger partial charge is 0.350 e. The van der Waals surface area contributed by atoms with E-state index in [1.54, 1.807) is 14.0 Å². The number of likely N-dealkylation sites (N-methyl/N-ethyl adjacent to an activating group) is 1. The molecule has 0 amide bonds. The first kappa shape index (κ1) is 13.2. The first-order valence-corrected chi connectivity index (χ1v) is 6.30. The summed E-state index contributed by atoms with van der Waals surface area (Å²) in [6.45, 7) is 2.89. The van der Waals surface area contributed by atoms with Crippen LogP contribution < -0.4 is 10.6 Å². The molecule has 0 aromatic heterocycles. The fraction of sp³-hybridized carbons (Fsp3) is 0.500. The van der Waals surface area contributed by atoms with Gasteiger partial charge < -0.3 is 10.1 Å². The van der Waals surface area contributed by atoms with E-state index in [9.17, 15) is 4.79 Å². The molecule has 2 atom stereocenters. The lowest BCUT2D eigenvalue weighted by atomic mass is 9.92. The number of Topliss-reactive ketones (excluding diaryl/α,β-unsaturated/α-hetero) is 1. The maximum absolute atomic E-state index is 11.9. The van der Waals surface area contributed by atoms with Crippen LogP contribution in [0.3, 0.4) is 0 Å². The van der Waals surface area contributed by atoms with Crippen molar-refractivity contribution in [1.82, 2.24) is 10.6 Å². The van der Waals surface area contributed by atoms with Crippen LogP contribution >= 0.6 is 0 Å². The van der Waals surface area contributed by atoms with Crippen LogP contribution in [-0.4, -0.2) is 37.7 Å². The van der Waals surface area contributed by atoms with Crippen molar-refractivity contribution in [1.29, 1.82) is 0 Å². The zero-order chi connectivity index (χ0) is 13.0. The number of hydrogen-bond donors (Lipinski definition) is 2. The molecule has 4 nitrogen and oxygen atoms in total. The monoisotopic (exact) mass is 248 g/mol. The molecule has 2 rings (SSSR count). The first-order chi connectivity index (χ1) is 8.69. The molecule has 1 fully saturated rings. The van der Waals surface area contributed by atoms with Gasteiger partial charge in [0.15, 0.2) is 11.5 Å². The number of ether oxygens (including phenoxy) is 1. The van der Waals surface area contributed by atoms with Gasteiger partial charge >= 0.3 is 0 Å². The van der Waals surface area contributed by atoms with Gasteiger partial charge in [0.2, 0.25) is 0 Å². The van der Waals surface area contributed by atoms with E-state index < -0.39 is 5.72 Å². The topological polar surface area (TPSA) is 50.4 Å². The molecular formula is C14H20N2O2. The molecule has 1 aliphatic rings. The van der Waals surface area contributed by atoms with Crippen LogP contribution in [0.4, 0.5) is 0 Å². The molecule has 4 heteroatoms. The number of rotatable bonds is 4. The molecule has 1 aromatic carbocycles. The Morgan fingerprint density at radius 3 is 2.83 bits per heavy atom. The summed E-state index contributed by atoms with van der Waals surface area (Å²) in [5.41, 5.74) is 0.287. The van der Waals surface area contributed by atoms with Crippen molar-refractivity contribution in [2.75, 3.05) is 20.2 Å². The van der Waals surface area contributed by atoms with E-state index in [0.717, 1.165) is 13.0 Å².